The third-order valence-electron chi connectivity index (χ3n) is 3.04. The summed E-state index contributed by atoms with van der Waals surface area (Å²) in [4.78, 5) is 37.6. The number of nitrogens with one attached hydrogen (secondary N) is 1. The monoisotopic (exact) mass is 301 g/mol. The van der Waals surface area contributed by atoms with Crippen LogP contribution in [0, 0.1) is 0 Å². The van der Waals surface area contributed by atoms with Gasteiger partial charge >= 0.3 is 5.97 Å². The number of methoxy groups -OCH3 is 1. The number of carbonyl (C=O) groups is 3. The van der Waals surface area contributed by atoms with Crippen molar-refractivity contribution >= 4 is 17.5 Å². The standard InChI is InChI=1S/C16H15NO5/c1-10(18)12-7-14(17-8-12)16(20)22-9-15(19)11-4-3-5-13(6-11)21-2/h3-8,17H,9H2,1-2H3. The van der Waals surface area contributed by atoms with Gasteiger partial charge in [0.2, 0.25) is 0 Å². The zero-order chi connectivity index (χ0) is 16.1. The van der Waals surface area contributed by atoms with E-state index in [2.05, 4.69) is 4.98 Å². The number of aromatic amines is 1. The number of aromatic nitrogens is 1. The maximum absolute atomic E-state index is 12.0. The molecule has 0 aliphatic heterocycles. The Kier molecular flexibility index (Phi) is 4.73. The van der Waals surface area contributed by atoms with E-state index in [9.17, 15) is 14.4 Å². The van der Waals surface area contributed by atoms with Crippen LogP contribution in [0.3, 0.4) is 0 Å². The highest BCUT2D eigenvalue weighted by Crippen LogP contribution is 2.13. The molecular formula is C16H15NO5. The Morgan fingerprint density at radius 2 is 1.91 bits per heavy atom. The van der Waals surface area contributed by atoms with Gasteiger partial charge in [0.1, 0.15) is 11.4 Å². The lowest BCUT2D eigenvalue weighted by Gasteiger charge is -2.05. The molecule has 1 N–H and O–H groups in total. The van der Waals surface area contributed by atoms with Crippen LogP contribution in [0.25, 0.3) is 0 Å². The second kappa shape index (κ2) is 6.71. The molecule has 0 radical (unpaired) electrons. The molecule has 0 spiro atoms. The highest BCUT2D eigenvalue weighted by molar-refractivity contribution is 6.00. The number of Topliss-reactive ketones (excluding diaryl/α,β-unsaturated/α-hetero) is 2. The maximum atomic E-state index is 12.0. The molecular weight excluding hydrogens is 286 g/mol. The minimum Gasteiger partial charge on any atom is -0.497 e. The summed E-state index contributed by atoms with van der Waals surface area (Å²) < 4.78 is 9.97. The number of hydrogen-bond donors (Lipinski definition) is 1. The van der Waals surface area contributed by atoms with E-state index in [1.807, 2.05) is 0 Å². The molecule has 0 amide bonds. The van der Waals surface area contributed by atoms with Gasteiger partial charge in [0, 0.05) is 17.3 Å². The van der Waals surface area contributed by atoms with Crippen LogP contribution in [0.5, 0.6) is 5.75 Å². The van der Waals surface area contributed by atoms with Gasteiger partial charge in [0.15, 0.2) is 18.2 Å². The van der Waals surface area contributed by atoms with Crippen LogP contribution in [0.4, 0.5) is 0 Å². The van der Waals surface area contributed by atoms with Gasteiger partial charge in [-0.3, -0.25) is 9.59 Å². The van der Waals surface area contributed by atoms with Crippen molar-refractivity contribution in [2.75, 3.05) is 13.7 Å². The normalized spacial score (nSPS) is 10.1. The lowest BCUT2D eigenvalue weighted by atomic mass is 10.1. The van der Waals surface area contributed by atoms with Crippen molar-refractivity contribution in [1.29, 1.82) is 0 Å². The van der Waals surface area contributed by atoms with Crippen LogP contribution in [-0.2, 0) is 4.74 Å². The van der Waals surface area contributed by atoms with Crippen molar-refractivity contribution in [1.82, 2.24) is 4.98 Å². The predicted octanol–water partition coefficient (Wildman–Crippen LogP) is 2.27. The fourth-order valence-corrected chi connectivity index (χ4v) is 1.80. The van der Waals surface area contributed by atoms with Crippen molar-refractivity contribution in [2.24, 2.45) is 0 Å². The first-order chi connectivity index (χ1) is 10.5. The van der Waals surface area contributed by atoms with E-state index in [1.54, 1.807) is 24.3 Å². The Hall–Kier alpha value is -2.89. The number of rotatable bonds is 6. The summed E-state index contributed by atoms with van der Waals surface area (Å²) in [6.45, 7) is 1.00. The van der Waals surface area contributed by atoms with Crippen molar-refractivity contribution < 1.29 is 23.9 Å². The quantitative estimate of drug-likeness (QED) is 0.653. The minimum atomic E-state index is -0.691. The molecule has 1 aromatic carbocycles. The van der Waals surface area contributed by atoms with Gasteiger partial charge in [-0.25, -0.2) is 4.79 Å². The van der Waals surface area contributed by atoms with Gasteiger partial charge in [-0.1, -0.05) is 12.1 Å². The van der Waals surface area contributed by atoms with Crippen LogP contribution in [-0.4, -0.2) is 36.2 Å². The molecule has 6 heteroatoms. The van der Waals surface area contributed by atoms with Gasteiger partial charge in [-0.15, -0.1) is 0 Å². The van der Waals surface area contributed by atoms with E-state index in [1.165, 1.54) is 26.3 Å². The molecule has 0 bridgehead atoms. The highest BCUT2D eigenvalue weighted by Gasteiger charge is 2.15. The third kappa shape index (κ3) is 3.60. The van der Waals surface area contributed by atoms with Gasteiger partial charge < -0.3 is 14.5 Å². The third-order valence-corrected chi connectivity index (χ3v) is 3.04. The molecule has 2 aromatic rings. The SMILES string of the molecule is COc1cccc(C(=O)COC(=O)c2cc(C(C)=O)c[nH]2)c1. The van der Waals surface area contributed by atoms with Gasteiger partial charge in [0.05, 0.1) is 7.11 Å². The Labute approximate surface area is 127 Å². The van der Waals surface area contributed by atoms with E-state index < -0.39 is 5.97 Å². The van der Waals surface area contributed by atoms with Crippen molar-refractivity contribution in [3.8, 4) is 5.75 Å². The molecule has 2 rings (SSSR count). The second-order valence-electron chi connectivity index (χ2n) is 4.59. The van der Waals surface area contributed by atoms with E-state index >= 15 is 0 Å². The van der Waals surface area contributed by atoms with E-state index in [4.69, 9.17) is 9.47 Å². The van der Waals surface area contributed by atoms with Crippen molar-refractivity contribution in [2.45, 2.75) is 6.92 Å². The average Bonchev–Trinajstić information content (AvgIpc) is 3.02. The lowest BCUT2D eigenvalue weighted by molar-refractivity contribution is 0.0469. The number of esters is 1. The molecule has 0 unspecified atom stereocenters. The van der Waals surface area contributed by atoms with Crippen LogP contribution >= 0.6 is 0 Å². The number of benzene rings is 1. The zero-order valence-corrected chi connectivity index (χ0v) is 12.2. The van der Waals surface area contributed by atoms with Gasteiger partial charge in [-0.05, 0) is 25.1 Å². The summed E-state index contributed by atoms with van der Waals surface area (Å²) in [6, 6.07) is 7.96. The molecule has 0 fully saturated rings. The smallest absolute Gasteiger partial charge is 0.355 e. The van der Waals surface area contributed by atoms with Crippen molar-refractivity contribution in [3.63, 3.8) is 0 Å². The summed E-state index contributed by atoms with van der Waals surface area (Å²) >= 11 is 0. The first-order valence-electron chi connectivity index (χ1n) is 6.55. The number of ketones is 2. The molecule has 0 atom stereocenters. The van der Waals surface area contributed by atoms with Gasteiger partial charge in [0.25, 0.3) is 0 Å². The topological polar surface area (TPSA) is 85.5 Å². The van der Waals surface area contributed by atoms with E-state index in [-0.39, 0.29) is 23.9 Å². The molecule has 0 aliphatic rings. The summed E-state index contributed by atoms with van der Waals surface area (Å²) in [7, 11) is 1.50. The number of H-pyrrole nitrogens is 1. The molecule has 1 heterocycles. The van der Waals surface area contributed by atoms with Gasteiger partial charge in [-0.2, -0.15) is 0 Å². The molecule has 114 valence electrons. The fourth-order valence-electron chi connectivity index (χ4n) is 1.80. The molecule has 0 saturated heterocycles. The Bertz CT molecular complexity index is 717. The number of carbonyl (C=O) groups excluding carboxylic acids is 3. The summed E-state index contributed by atoms with van der Waals surface area (Å²) in [5.41, 5.74) is 0.901. The first kappa shape index (κ1) is 15.5. The predicted molar refractivity (Wildman–Crippen MR) is 78.4 cm³/mol. The van der Waals surface area contributed by atoms with Crippen LogP contribution in [0.1, 0.15) is 38.1 Å². The molecule has 22 heavy (non-hydrogen) atoms. The summed E-state index contributed by atoms with van der Waals surface area (Å²) in [5, 5.41) is 0. The van der Waals surface area contributed by atoms with Crippen LogP contribution < -0.4 is 4.74 Å². The van der Waals surface area contributed by atoms with E-state index in [0.717, 1.165) is 0 Å². The van der Waals surface area contributed by atoms with Crippen LogP contribution in [0.15, 0.2) is 36.5 Å². The molecule has 0 aliphatic carbocycles. The first-order valence-corrected chi connectivity index (χ1v) is 6.55. The second-order valence-corrected chi connectivity index (χ2v) is 4.59. The molecule has 1 aromatic heterocycles. The highest BCUT2D eigenvalue weighted by atomic mass is 16.5. The van der Waals surface area contributed by atoms with E-state index in [0.29, 0.717) is 16.9 Å². The van der Waals surface area contributed by atoms with Crippen LogP contribution in [0.2, 0.25) is 0 Å². The molecule has 0 saturated carbocycles. The lowest BCUT2D eigenvalue weighted by Crippen LogP contribution is -2.14. The number of hydrogen-bond acceptors (Lipinski definition) is 5. The number of ether oxygens (including phenoxy) is 2. The maximum Gasteiger partial charge on any atom is 0.355 e. The molecule has 6 nitrogen and oxygen atoms in total. The Morgan fingerprint density at radius 3 is 2.55 bits per heavy atom. The minimum absolute atomic E-state index is 0.128. The largest absolute Gasteiger partial charge is 0.497 e. The summed E-state index contributed by atoms with van der Waals surface area (Å²) in [5.74, 6) is -0.648. The Balaban J connectivity index is 1.97. The Morgan fingerprint density at radius 1 is 1.14 bits per heavy atom. The van der Waals surface area contributed by atoms with Crippen molar-refractivity contribution in [3.05, 3.63) is 53.3 Å². The average molecular weight is 301 g/mol. The zero-order valence-electron chi connectivity index (χ0n) is 12.2. The summed E-state index contributed by atoms with van der Waals surface area (Å²) in [6.07, 6.45) is 1.42. The fraction of sp³-hybridized carbons (Fsp3) is 0.188.